The number of hydrogen-bond acceptors (Lipinski definition) is 13. The van der Waals surface area contributed by atoms with Gasteiger partial charge in [0, 0.05) is 45.7 Å². The second-order valence-corrected chi connectivity index (χ2v) is 11.1. The number of ether oxygens (including phenoxy) is 5. The number of aromatic nitrogens is 2. The topological polar surface area (TPSA) is 162 Å². The largest absolute Gasteiger partial charge is 0.463 e. The van der Waals surface area contributed by atoms with Crippen LogP contribution >= 0.6 is 11.8 Å². The lowest BCUT2D eigenvalue weighted by Crippen LogP contribution is -2.60. The summed E-state index contributed by atoms with van der Waals surface area (Å²) in [4.78, 5) is 70.6. The summed E-state index contributed by atoms with van der Waals surface area (Å²) in [6.07, 6.45) is -5.28. The molecule has 1 aromatic heterocycles. The molecule has 0 aliphatic carbocycles. The Bertz CT molecular complexity index is 1630. The van der Waals surface area contributed by atoms with Gasteiger partial charge in [0.2, 0.25) is 0 Å². The van der Waals surface area contributed by atoms with E-state index in [0.29, 0.717) is 5.75 Å². The highest BCUT2D eigenvalue weighted by Gasteiger charge is 2.53. The quantitative estimate of drug-likeness (QED) is 0.0976. The Morgan fingerprint density at radius 3 is 2.04 bits per heavy atom. The van der Waals surface area contributed by atoms with Crippen LogP contribution in [-0.4, -0.2) is 70.7 Å². The first-order valence-corrected chi connectivity index (χ1v) is 15.2. The Hall–Kier alpha value is -4.82. The number of nitrogens with zero attached hydrogens (tertiary/aromatic N) is 3. The molecular formula is C32H33N3O10S. The molecule has 2 heterocycles. The van der Waals surface area contributed by atoms with Crippen LogP contribution < -0.4 is 5.56 Å². The van der Waals surface area contributed by atoms with Crippen LogP contribution in [0.15, 0.2) is 81.7 Å². The highest BCUT2D eigenvalue weighted by atomic mass is 32.2. The molecular weight excluding hydrogens is 618 g/mol. The maximum atomic E-state index is 12.9. The fourth-order valence-corrected chi connectivity index (χ4v) is 5.69. The highest BCUT2D eigenvalue weighted by Crippen LogP contribution is 2.39. The van der Waals surface area contributed by atoms with Gasteiger partial charge in [0.05, 0.1) is 0 Å². The maximum absolute atomic E-state index is 12.9. The van der Waals surface area contributed by atoms with Gasteiger partial charge in [0.15, 0.2) is 29.7 Å². The molecule has 242 valence electrons. The van der Waals surface area contributed by atoms with Crippen molar-refractivity contribution in [2.24, 2.45) is 4.99 Å². The molecule has 1 aliphatic rings. The fraction of sp³-hybridized carbons (Fsp3) is 0.344. The third-order valence-electron chi connectivity index (χ3n) is 6.49. The minimum atomic E-state index is -1.44. The first-order chi connectivity index (χ1) is 22.0. The van der Waals surface area contributed by atoms with Gasteiger partial charge in [-0.2, -0.15) is 4.98 Å². The average molecular weight is 652 g/mol. The van der Waals surface area contributed by atoms with Crippen LogP contribution in [0.25, 0.3) is 0 Å². The Morgan fingerprint density at radius 1 is 0.848 bits per heavy atom. The Labute approximate surface area is 268 Å². The van der Waals surface area contributed by atoms with Gasteiger partial charge >= 0.3 is 23.9 Å². The molecule has 13 nitrogen and oxygen atoms in total. The number of hydrogen-bond donors (Lipinski definition) is 0. The molecule has 14 heteroatoms. The van der Waals surface area contributed by atoms with E-state index in [1.807, 2.05) is 60.7 Å². The van der Waals surface area contributed by atoms with Gasteiger partial charge in [0.25, 0.3) is 5.56 Å². The molecule has 0 amide bonds. The summed E-state index contributed by atoms with van der Waals surface area (Å²) in [5.41, 5.74) is 1.05. The van der Waals surface area contributed by atoms with Crippen LogP contribution in [0.4, 0.5) is 5.82 Å². The first kappa shape index (κ1) is 34.1. The number of carbonyl (C=O) groups is 4. The molecule has 3 aromatic rings. The van der Waals surface area contributed by atoms with Gasteiger partial charge in [-0.15, -0.1) is 0 Å². The summed E-state index contributed by atoms with van der Waals surface area (Å²) in [6, 6.07) is 19.7. The summed E-state index contributed by atoms with van der Waals surface area (Å²) >= 11 is 1.19. The summed E-state index contributed by atoms with van der Waals surface area (Å²) in [5.74, 6) is -2.49. The van der Waals surface area contributed by atoms with Crippen molar-refractivity contribution in [3.63, 3.8) is 0 Å². The number of rotatable bonds is 11. The zero-order chi connectivity index (χ0) is 33.2. The van der Waals surface area contributed by atoms with Crippen molar-refractivity contribution in [2.75, 3.05) is 6.61 Å². The highest BCUT2D eigenvalue weighted by molar-refractivity contribution is 7.98. The Morgan fingerprint density at radius 2 is 1.43 bits per heavy atom. The molecule has 0 radical (unpaired) electrons. The normalized spacial score (nSPS) is 20.9. The lowest BCUT2D eigenvalue weighted by Gasteiger charge is -2.45. The summed E-state index contributed by atoms with van der Waals surface area (Å²) in [5, 5.41) is 0.137. The summed E-state index contributed by atoms with van der Waals surface area (Å²) < 4.78 is 29.9. The van der Waals surface area contributed by atoms with E-state index in [2.05, 4.69) is 9.98 Å². The SMILES string of the molecule is CC(=O)OC[C@H]1O[C@@H](n2c(/N=C/c3ccccc3)cc(=O)nc2SCc2ccccc2)[C@H](OC(C)=O)[C@@H](OC(C)=O)[C@@H]1OC(C)=O. The Kier molecular flexibility index (Phi) is 11.8. The minimum Gasteiger partial charge on any atom is -0.463 e. The van der Waals surface area contributed by atoms with Gasteiger partial charge in [0.1, 0.15) is 18.5 Å². The molecule has 0 N–H and O–H groups in total. The molecule has 5 atom stereocenters. The zero-order valence-corrected chi connectivity index (χ0v) is 26.4. The third kappa shape index (κ3) is 9.34. The van der Waals surface area contributed by atoms with Crippen molar-refractivity contribution in [1.82, 2.24) is 9.55 Å². The van der Waals surface area contributed by atoms with E-state index < -0.39 is 66.7 Å². The maximum Gasteiger partial charge on any atom is 0.303 e. The van der Waals surface area contributed by atoms with Crippen molar-refractivity contribution in [3.8, 4) is 0 Å². The molecule has 1 fully saturated rings. The zero-order valence-electron chi connectivity index (χ0n) is 25.6. The molecule has 0 saturated carbocycles. The van der Waals surface area contributed by atoms with Crippen molar-refractivity contribution in [1.29, 1.82) is 0 Å². The van der Waals surface area contributed by atoms with E-state index in [-0.39, 0.29) is 11.0 Å². The second-order valence-electron chi connectivity index (χ2n) is 10.1. The van der Waals surface area contributed by atoms with E-state index >= 15 is 0 Å². The second kappa shape index (κ2) is 16.0. The summed E-state index contributed by atoms with van der Waals surface area (Å²) in [6.45, 7) is 4.19. The van der Waals surface area contributed by atoms with E-state index in [1.54, 1.807) is 0 Å². The molecule has 4 rings (SSSR count). The molecule has 1 aliphatic heterocycles. The van der Waals surface area contributed by atoms with Crippen molar-refractivity contribution >= 4 is 47.7 Å². The van der Waals surface area contributed by atoms with Crippen LogP contribution in [-0.2, 0) is 48.6 Å². The number of aliphatic imine (C=N–C) groups is 1. The van der Waals surface area contributed by atoms with E-state index in [0.717, 1.165) is 31.9 Å². The van der Waals surface area contributed by atoms with Crippen LogP contribution in [0.1, 0.15) is 45.0 Å². The molecule has 0 spiro atoms. The molecule has 0 bridgehead atoms. The molecule has 1 saturated heterocycles. The predicted molar refractivity (Wildman–Crippen MR) is 165 cm³/mol. The standard InChI is InChI=1S/C32H33N3O10S/c1-19(36)41-17-25-28(42-20(2)37)29(43-21(3)38)30(44-22(4)39)31(45-25)35-26(33-16-23-11-7-5-8-12-23)15-27(40)34-32(35)46-18-24-13-9-6-10-14-24/h5-16,25,28-31H,17-18H2,1-4H3/b33-16+/t25-,28-,29+,30-,31-/m1/s1. The number of benzene rings is 2. The van der Waals surface area contributed by atoms with Gasteiger partial charge in [-0.25, -0.2) is 4.99 Å². The van der Waals surface area contributed by atoms with Crippen LogP contribution in [0.5, 0.6) is 0 Å². The lowest BCUT2D eigenvalue weighted by atomic mass is 9.97. The average Bonchev–Trinajstić information content (AvgIpc) is 3.00. The number of esters is 4. The van der Waals surface area contributed by atoms with Gasteiger partial charge in [-0.1, -0.05) is 72.4 Å². The Balaban J connectivity index is 1.92. The van der Waals surface area contributed by atoms with Crippen molar-refractivity contribution < 1.29 is 42.9 Å². The van der Waals surface area contributed by atoms with Gasteiger partial charge in [-0.3, -0.25) is 28.5 Å². The van der Waals surface area contributed by atoms with Crippen LogP contribution in [0.3, 0.4) is 0 Å². The molecule has 2 aromatic carbocycles. The first-order valence-electron chi connectivity index (χ1n) is 14.2. The van der Waals surface area contributed by atoms with Crippen molar-refractivity contribution in [2.45, 2.75) is 69.2 Å². The van der Waals surface area contributed by atoms with Crippen molar-refractivity contribution in [3.05, 3.63) is 88.2 Å². The van der Waals surface area contributed by atoms with E-state index in [9.17, 15) is 24.0 Å². The summed E-state index contributed by atoms with van der Waals surface area (Å²) in [7, 11) is 0. The lowest BCUT2D eigenvalue weighted by molar-refractivity contribution is -0.269. The smallest absolute Gasteiger partial charge is 0.303 e. The van der Waals surface area contributed by atoms with E-state index in [1.165, 1.54) is 35.5 Å². The fourth-order valence-electron chi connectivity index (χ4n) is 4.71. The number of thioether (sulfide) groups is 1. The molecule has 46 heavy (non-hydrogen) atoms. The van der Waals surface area contributed by atoms with E-state index in [4.69, 9.17) is 23.7 Å². The van der Waals surface area contributed by atoms with Gasteiger partial charge < -0.3 is 23.7 Å². The third-order valence-corrected chi connectivity index (χ3v) is 7.51. The monoisotopic (exact) mass is 651 g/mol. The van der Waals surface area contributed by atoms with Crippen LogP contribution in [0, 0.1) is 0 Å². The van der Waals surface area contributed by atoms with Crippen LogP contribution in [0.2, 0.25) is 0 Å². The predicted octanol–water partition coefficient (Wildman–Crippen LogP) is 3.54. The van der Waals surface area contributed by atoms with Gasteiger partial charge in [-0.05, 0) is 11.1 Å². The molecule has 0 unspecified atom stereocenters. The minimum absolute atomic E-state index is 0.0697. The number of carbonyl (C=O) groups excluding carboxylic acids is 4.